The molecule has 0 spiro atoms. The van der Waals surface area contributed by atoms with E-state index >= 15 is 0 Å². The van der Waals surface area contributed by atoms with Crippen LogP contribution in [-0.4, -0.2) is 55.0 Å². The third kappa shape index (κ3) is 6.03. The minimum absolute atomic E-state index is 0.180. The van der Waals surface area contributed by atoms with Gasteiger partial charge in [0.25, 0.3) is 0 Å². The molecule has 0 atom stereocenters. The van der Waals surface area contributed by atoms with E-state index in [1.807, 2.05) is 18.2 Å². The van der Waals surface area contributed by atoms with Gasteiger partial charge >= 0.3 is 0 Å². The fourth-order valence-corrected chi connectivity index (χ4v) is 4.78. The van der Waals surface area contributed by atoms with Gasteiger partial charge in [0.1, 0.15) is 23.7 Å². The number of rotatable bonds is 11. The van der Waals surface area contributed by atoms with E-state index in [1.165, 1.54) is 40.7 Å². The summed E-state index contributed by atoms with van der Waals surface area (Å²) in [5.41, 5.74) is 2.56. The fraction of sp³-hybridized carbons (Fsp3) is 0.171. The number of ether oxygens (including phenoxy) is 6. The Morgan fingerprint density at radius 3 is 1.80 bits per heavy atom. The first-order valence-electron chi connectivity index (χ1n) is 13.8. The van der Waals surface area contributed by atoms with Crippen LogP contribution in [0.15, 0.2) is 54.7 Å². The molecule has 11 heteroatoms. The van der Waals surface area contributed by atoms with Crippen molar-refractivity contribution in [1.82, 2.24) is 15.0 Å². The maximum absolute atomic E-state index is 13.5. The molecule has 0 radical (unpaired) electrons. The summed E-state index contributed by atoms with van der Waals surface area (Å²) in [6, 6.07) is 13.5. The number of aromatic amines is 2. The van der Waals surface area contributed by atoms with E-state index in [-0.39, 0.29) is 34.3 Å². The molecule has 232 valence electrons. The lowest BCUT2D eigenvalue weighted by molar-refractivity contribution is 0.102. The maximum Gasteiger partial charge on any atom is 0.213 e. The smallest absolute Gasteiger partial charge is 0.213 e. The van der Waals surface area contributed by atoms with Gasteiger partial charge in [-0.1, -0.05) is 11.8 Å². The molecule has 3 aromatic carbocycles. The molecular formula is C35H29N3O8. The maximum atomic E-state index is 13.5. The van der Waals surface area contributed by atoms with Gasteiger partial charge in [0.2, 0.25) is 23.1 Å². The quantitative estimate of drug-likeness (QED) is 0.140. The third-order valence-corrected chi connectivity index (χ3v) is 6.89. The molecule has 11 nitrogen and oxygen atoms in total. The van der Waals surface area contributed by atoms with Crippen LogP contribution in [0.25, 0.3) is 22.3 Å². The number of carbonyl (C=O) groups excluding carboxylic acids is 2. The summed E-state index contributed by atoms with van der Waals surface area (Å²) < 4.78 is 32.5. The topological polar surface area (TPSA) is 134 Å². The molecule has 0 fully saturated rings. The Hall–Kier alpha value is -6.33. The number of H-pyrrole nitrogens is 2. The second kappa shape index (κ2) is 13.5. The standard InChI is InChI=1S/C35H29N3O8/c1-7-11-45-29-17-22(15-27(41-3)33(29)43-5)31(39)25-14-21-13-20(9-10-24(21)37-25)35-36-19-26(38-35)32(40)23-16-28(42-4)34(44-6)30(18-23)46-12-8-2/h9-10,13-19,37H,1-6H3,(H,36,38). The number of imidazole rings is 1. The summed E-state index contributed by atoms with van der Waals surface area (Å²) in [6.45, 7) is 3.26. The molecule has 2 heterocycles. The monoisotopic (exact) mass is 619 g/mol. The number of nitrogens with one attached hydrogen (secondary N) is 2. The Balaban J connectivity index is 1.44. The molecule has 2 aromatic heterocycles. The number of hydrogen-bond donors (Lipinski definition) is 2. The summed E-state index contributed by atoms with van der Waals surface area (Å²) in [6.07, 6.45) is 6.56. The highest BCUT2D eigenvalue weighted by molar-refractivity contribution is 6.11. The summed E-state index contributed by atoms with van der Waals surface area (Å²) in [5.74, 6) is 6.88. The van der Waals surface area contributed by atoms with E-state index in [2.05, 4.69) is 39.0 Å². The van der Waals surface area contributed by atoms with Crippen molar-refractivity contribution in [2.45, 2.75) is 13.8 Å². The Labute approximate surface area is 264 Å². The molecule has 0 saturated carbocycles. The summed E-state index contributed by atoms with van der Waals surface area (Å²) in [5, 5.41) is 0.762. The molecule has 0 unspecified atom stereocenters. The van der Waals surface area contributed by atoms with Gasteiger partial charge in [-0.15, -0.1) is 0 Å². The summed E-state index contributed by atoms with van der Waals surface area (Å²) in [4.78, 5) is 37.7. The zero-order valence-electron chi connectivity index (χ0n) is 25.9. The highest BCUT2D eigenvalue weighted by Gasteiger charge is 2.22. The number of methoxy groups -OCH3 is 4. The molecule has 0 saturated heterocycles. The van der Waals surface area contributed by atoms with E-state index in [0.29, 0.717) is 45.6 Å². The van der Waals surface area contributed by atoms with Crippen LogP contribution in [0, 0.1) is 24.1 Å². The minimum Gasteiger partial charge on any atom is -0.493 e. The van der Waals surface area contributed by atoms with Crippen molar-refractivity contribution in [2.24, 2.45) is 0 Å². The molecule has 46 heavy (non-hydrogen) atoms. The van der Waals surface area contributed by atoms with Gasteiger partial charge in [0, 0.05) is 47.6 Å². The van der Waals surface area contributed by atoms with Gasteiger partial charge in [-0.2, -0.15) is 0 Å². The average molecular weight is 620 g/mol. The lowest BCUT2D eigenvalue weighted by Gasteiger charge is -2.12. The Kier molecular flexibility index (Phi) is 9.15. The molecule has 0 bridgehead atoms. The summed E-state index contributed by atoms with van der Waals surface area (Å²) >= 11 is 0. The number of carbonyl (C=O) groups is 2. The van der Waals surface area contributed by atoms with Gasteiger partial charge < -0.3 is 38.4 Å². The van der Waals surface area contributed by atoms with Crippen molar-refractivity contribution in [3.8, 4) is 69.9 Å². The van der Waals surface area contributed by atoms with E-state index in [0.717, 1.165) is 10.9 Å². The molecule has 0 aliphatic rings. The van der Waals surface area contributed by atoms with Crippen LogP contribution in [0.4, 0.5) is 0 Å². The predicted octanol–water partition coefficient (Wildman–Crippen LogP) is 5.77. The minimum atomic E-state index is -0.364. The number of benzene rings is 3. The number of fused-ring (bicyclic) bond motifs is 1. The van der Waals surface area contributed by atoms with Crippen molar-refractivity contribution in [2.75, 3.05) is 28.4 Å². The third-order valence-electron chi connectivity index (χ3n) is 6.89. The zero-order chi connectivity index (χ0) is 32.8. The van der Waals surface area contributed by atoms with Gasteiger partial charge in [0.05, 0.1) is 34.1 Å². The number of aromatic nitrogens is 3. The lowest BCUT2D eigenvalue weighted by Crippen LogP contribution is -2.04. The second-order valence-corrected chi connectivity index (χ2v) is 9.61. The van der Waals surface area contributed by atoms with Crippen LogP contribution in [0.1, 0.15) is 46.0 Å². The van der Waals surface area contributed by atoms with Crippen LogP contribution in [0.2, 0.25) is 0 Å². The van der Waals surface area contributed by atoms with Crippen molar-refractivity contribution in [3.05, 3.63) is 77.2 Å². The molecule has 0 aliphatic carbocycles. The van der Waals surface area contributed by atoms with Gasteiger partial charge in [-0.05, 0) is 48.5 Å². The van der Waals surface area contributed by atoms with Crippen LogP contribution >= 0.6 is 0 Å². The van der Waals surface area contributed by atoms with Crippen molar-refractivity contribution >= 4 is 22.5 Å². The zero-order valence-corrected chi connectivity index (χ0v) is 25.9. The van der Waals surface area contributed by atoms with E-state index in [1.54, 1.807) is 38.1 Å². The van der Waals surface area contributed by atoms with Crippen LogP contribution in [-0.2, 0) is 0 Å². The van der Waals surface area contributed by atoms with Gasteiger partial charge in [-0.25, -0.2) is 4.98 Å². The Morgan fingerprint density at radius 1 is 0.696 bits per heavy atom. The van der Waals surface area contributed by atoms with Crippen molar-refractivity contribution in [1.29, 1.82) is 0 Å². The fourth-order valence-electron chi connectivity index (χ4n) is 4.78. The van der Waals surface area contributed by atoms with Crippen LogP contribution in [0.5, 0.6) is 34.5 Å². The van der Waals surface area contributed by atoms with E-state index in [9.17, 15) is 9.59 Å². The average Bonchev–Trinajstić information content (AvgIpc) is 3.75. The van der Waals surface area contributed by atoms with Gasteiger partial charge in [0.15, 0.2) is 23.0 Å². The largest absolute Gasteiger partial charge is 0.493 e. The molecular weight excluding hydrogens is 590 g/mol. The van der Waals surface area contributed by atoms with Crippen molar-refractivity contribution < 1.29 is 38.0 Å². The predicted molar refractivity (Wildman–Crippen MR) is 170 cm³/mol. The van der Waals surface area contributed by atoms with E-state index in [4.69, 9.17) is 28.4 Å². The first kappa shape index (κ1) is 31.1. The molecule has 5 aromatic rings. The second-order valence-electron chi connectivity index (χ2n) is 9.61. The van der Waals surface area contributed by atoms with Crippen molar-refractivity contribution in [3.63, 3.8) is 0 Å². The molecule has 2 N–H and O–H groups in total. The van der Waals surface area contributed by atoms with Crippen LogP contribution < -0.4 is 28.4 Å². The number of hydrogen-bond acceptors (Lipinski definition) is 9. The SMILES string of the molecule is CC#COc1cc(C(=O)c2c[nH]c(-c3ccc4[nH]c(C(=O)c5cc(OC)c(OC)c(OC#CC)c5)cc4c3)n2)cc(OC)c1OC. The molecule has 0 aliphatic heterocycles. The van der Waals surface area contributed by atoms with E-state index < -0.39 is 0 Å². The van der Waals surface area contributed by atoms with Crippen LogP contribution in [0.3, 0.4) is 0 Å². The van der Waals surface area contributed by atoms with Gasteiger partial charge in [-0.3, -0.25) is 9.59 Å². The number of nitrogens with zero attached hydrogens (tertiary/aromatic N) is 1. The summed E-state index contributed by atoms with van der Waals surface area (Å²) in [7, 11) is 5.88. The first-order valence-corrected chi connectivity index (χ1v) is 13.8. The lowest BCUT2D eigenvalue weighted by atomic mass is 10.1. The number of ketones is 2. The molecule has 5 rings (SSSR count). The highest BCUT2D eigenvalue weighted by Crippen LogP contribution is 2.40. The first-order chi connectivity index (χ1) is 22.3. The Bertz CT molecular complexity index is 2090. The normalized spacial score (nSPS) is 10.2. The Morgan fingerprint density at radius 2 is 1.26 bits per heavy atom. The highest BCUT2D eigenvalue weighted by atomic mass is 16.5. The molecule has 0 amide bonds.